The van der Waals surface area contributed by atoms with Gasteiger partial charge in [-0.3, -0.25) is 4.79 Å². The number of likely N-dealkylation sites (N-methyl/N-ethyl adjacent to an activating group) is 1. The van der Waals surface area contributed by atoms with E-state index in [9.17, 15) is 27.9 Å². The number of amides is 3. The van der Waals surface area contributed by atoms with Gasteiger partial charge in [0.1, 0.15) is 23.1 Å². The van der Waals surface area contributed by atoms with Gasteiger partial charge in [-0.25, -0.2) is 27.4 Å². The molecular weight excluding hydrogens is 754 g/mol. The van der Waals surface area contributed by atoms with E-state index in [1.807, 2.05) is 26.0 Å². The van der Waals surface area contributed by atoms with Crippen LogP contribution in [0.5, 0.6) is 0 Å². The van der Waals surface area contributed by atoms with Gasteiger partial charge in [0, 0.05) is 48.3 Å². The third kappa shape index (κ3) is 10.0. The van der Waals surface area contributed by atoms with Crippen LogP contribution in [-0.2, 0) is 30.7 Å². The largest absolute Gasteiger partial charge is 0.443 e. The molecule has 4 N–H and O–H groups in total. The average molecular weight is 806 g/mol. The fraction of sp³-hybridized carbons (Fsp3) is 0.429. The zero-order chi connectivity index (χ0) is 42.2. The summed E-state index contributed by atoms with van der Waals surface area (Å²) in [4.78, 5) is 47.7. The van der Waals surface area contributed by atoms with Gasteiger partial charge in [-0.2, -0.15) is 4.90 Å². The Labute approximate surface area is 333 Å². The predicted octanol–water partition coefficient (Wildman–Crippen LogP) is 7.78. The maximum atomic E-state index is 15.7. The van der Waals surface area contributed by atoms with E-state index in [1.54, 1.807) is 66.8 Å². The van der Waals surface area contributed by atoms with Gasteiger partial charge in [0.05, 0.1) is 16.3 Å². The van der Waals surface area contributed by atoms with Gasteiger partial charge in [-0.05, 0) is 120 Å². The number of anilines is 3. The van der Waals surface area contributed by atoms with Gasteiger partial charge in [0.2, 0.25) is 5.91 Å². The number of imide groups is 1. The predicted molar refractivity (Wildman–Crippen MR) is 217 cm³/mol. The van der Waals surface area contributed by atoms with E-state index in [2.05, 4.69) is 10.3 Å². The number of halogens is 1. The summed E-state index contributed by atoms with van der Waals surface area (Å²) in [6, 6.07) is 13.4. The summed E-state index contributed by atoms with van der Waals surface area (Å²) in [6.45, 7) is 13.4. The topological polar surface area (TPSA) is 181 Å². The fourth-order valence-electron chi connectivity index (χ4n) is 6.42. The van der Waals surface area contributed by atoms with Gasteiger partial charge < -0.3 is 30.5 Å². The van der Waals surface area contributed by atoms with Crippen molar-refractivity contribution in [3.63, 3.8) is 0 Å². The summed E-state index contributed by atoms with van der Waals surface area (Å²) >= 11 is 0. The highest BCUT2D eigenvalue weighted by atomic mass is 32.2. The first kappa shape index (κ1) is 42.9. The number of aliphatic hydroxyl groups excluding tert-OH is 1. The van der Waals surface area contributed by atoms with Gasteiger partial charge in [-0.1, -0.05) is 25.1 Å². The van der Waals surface area contributed by atoms with Gasteiger partial charge in [0.15, 0.2) is 15.7 Å². The van der Waals surface area contributed by atoms with Crippen LogP contribution in [0.25, 0.3) is 10.8 Å². The monoisotopic (exact) mass is 805 g/mol. The summed E-state index contributed by atoms with van der Waals surface area (Å²) in [5.41, 5.74) is 7.41. The number of rotatable bonds is 11. The molecule has 2 atom stereocenters. The quantitative estimate of drug-likeness (QED) is 0.126. The number of aromatic nitrogens is 1. The summed E-state index contributed by atoms with van der Waals surface area (Å²) in [5, 5.41) is 12.7. The van der Waals surface area contributed by atoms with E-state index in [-0.39, 0.29) is 40.6 Å². The number of ether oxygens (including phenoxy) is 2. The Morgan fingerprint density at radius 1 is 0.965 bits per heavy atom. The normalized spacial score (nSPS) is 14.4. The van der Waals surface area contributed by atoms with Crippen LogP contribution in [0, 0.1) is 12.7 Å². The molecule has 0 spiro atoms. The van der Waals surface area contributed by atoms with Gasteiger partial charge in [0.25, 0.3) is 0 Å². The van der Waals surface area contributed by atoms with E-state index in [0.29, 0.717) is 40.2 Å². The SMILES string of the molecule is Cc1cc(C(Nc2ccc3c(N(C(=O)OC(C)(C)C)C(=O)OC(C)(C)C)ncc(F)c3c2)C(=O)N(C)Cc2cc(N)ccc2S(=O)(=O)C2CC2)ccc1[C@@H](C)CO. The number of nitrogen functional groups attached to an aromatic ring is 1. The minimum absolute atomic E-state index is 0.0281. The maximum Gasteiger partial charge on any atom is 0.425 e. The number of pyridine rings is 1. The molecule has 0 bridgehead atoms. The number of sulfone groups is 1. The Morgan fingerprint density at radius 2 is 1.60 bits per heavy atom. The molecular formula is C42H52FN5O8S. The van der Waals surface area contributed by atoms with Crippen molar-refractivity contribution in [2.75, 3.05) is 29.6 Å². The second kappa shape index (κ2) is 16.3. The van der Waals surface area contributed by atoms with Crippen LogP contribution in [0.1, 0.15) is 95.5 Å². The molecule has 13 nitrogen and oxygen atoms in total. The molecule has 1 unspecified atom stereocenters. The molecule has 1 aliphatic rings. The third-order valence-corrected chi connectivity index (χ3v) is 11.7. The molecule has 5 rings (SSSR count). The van der Waals surface area contributed by atoms with Crippen LogP contribution < -0.4 is 16.0 Å². The number of aryl methyl sites for hydroxylation is 1. The lowest BCUT2D eigenvalue weighted by atomic mass is 9.93. The Hall–Kier alpha value is -5.28. The van der Waals surface area contributed by atoms with Crippen molar-refractivity contribution in [2.45, 2.75) is 108 Å². The number of carbonyl (C=O) groups is 3. The second-order valence-electron chi connectivity index (χ2n) is 16.6. The Bertz CT molecular complexity index is 2270. The third-order valence-electron chi connectivity index (χ3n) is 9.31. The number of carbonyl (C=O) groups excluding carboxylic acids is 3. The van der Waals surface area contributed by atoms with Crippen LogP contribution in [-0.4, -0.2) is 71.6 Å². The van der Waals surface area contributed by atoms with E-state index in [4.69, 9.17) is 15.2 Å². The van der Waals surface area contributed by atoms with E-state index < -0.39 is 56.2 Å². The molecule has 1 aromatic heterocycles. The molecule has 57 heavy (non-hydrogen) atoms. The minimum atomic E-state index is -3.62. The number of benzene rings is 3. The van der Waals surface area contributed by atoms with E-state index in [1.165, 1.54) is 29.2 Å². The number of nitrogens with one attached hydrogen (secondary N) is 1. The van der Waals surface area contributed by atoms with Crippen molar-refractivity contribution in [3.05, 3.63) is 88.9 Å². The van der Waals surface area contributed by atoms with E-state index >= 15 is 4.39 Å². The number of nitrogens with two attached hydrogens (primary N) is 1. The lowest BCUT2D eigenvalue weighted by Gasteiger charge is -2.29. The summed E-state index contributed by atoms with van der Waals surface area (Å²) in [7, 11) is -2.06. The van der Waals surface area contributed by atoms with Crippen molar-refractivity contribution < 1.29 is 41.8 Å². The van der Waals surface area contributed by atoms with Crippen LogP contribution in [0.3, 0.4) is 0 Å². The standard InChI is InChI=1S/C42H52FN5O8S/c1-24-18-26(10-15-31(24)25(2)23-49)36(38(50)47(9)22-27-19-28(44)11-17-35(27)57(53,54)30-13-14-30)46-29-12-16-32-33(20-29)34(43)21-45-37(32)48(39(51)55-41(3,4)5)40(52)56-42(6,7)8/h10-12,15-21,25,30,36,46,49H,13-14,22-23,44H2,1-9H3/t25-,36?/m0/s1. The molecule has 0 saturated heterocycles. The summed E-state index contributed by atoms with van der Waals surface area (Å²) in [6.07, 6.45) is -0.128. The molecule has 3 aromatic carbocycles. The lowest BCUT2D eigenvalue weighted by Crippen LogP contribution is -2.44. The summed E-state index contributed by atoms with van der Waals surface area (Å²) in [5.74, 6) is -1.59. The highest BCUT2D eigenvalue weighted by Gasteiger charge is 2.39. The molecule has 1 saturated carbocycles. The number of aliphatic hydroxyl groups is 1. The number of hydrogen-bond acceptors (Lipinski definition) is 11. The van der Waals surface area contributed by atoms with Crippen LogP contribution in [0.4, 0.5) is 31.2 Å². The van der Waals surface area contributed by atoms with Crippen molar-refractivity contribution in [1.82, 2.24) is 9.88 Å². The fourth-order valence-corrected chi connectivity index (χ4v) is 8.28. The Kier molecular flexibility index (Phi) is 12.3. The molecule has 0 radical (unpaired) electrons. The Balaban J connectivity index is 1.57. The highest BCUT2D eigenvalue weighted by molar-refractivity contribution is 7.92. The van der Waals surface area contributed by atoms with Crippen molar-refractivity contribution >= 4 is 55.9 Å². The molecule has 1 fully saturated rings. The summed E-state index contributed by atoms with van der Waals surface area (Å²) < 4.78 is 53.4. The van der Waals surface area contributed by atoms with Crippen LogP contribution >= 0.6 is 0 Å². The molecule has 4 aromatic rings. The molecule has 1 heterocycles. The molecule has 0 aliphatic heterocycles. The first-order valence-electron chi connectivity index (χ1n) is 18.7. The van der Waals surface area contributed by atoms with Crippen LogP contribution in [0.2, 0.25) is 0 Å². The first-order valence-corrected chi connectivity index (χ1v) is 20.2. The molecule has 3 amide bonds. The highest BCUT2D eigenvalue weighted by Crippen LogP contribution is 2.37. The molecule has 15 heteroatoms. The zero-order valence-corrected chi connectivity index (χ0v) is 34.7. The smallest absolute Gasteiger partial charge is 0.425 e. The number of fused-ring (bicyclic) bond motifs is 1. The van der Waals surface area contributed by atoms with E-state index in [0.717, 1.165) is 17.3 Å². The molecule has 1 aliphatic carbocycles. The zero-order valence-electron chi connectivity index (χ0n) is 33.8. The Morgan fingerprint density at radius 3 is 2.16 bits per heavy atom. The maximum absolute atomic E-state index is 15.7. The number of nitrogens with zero attached hydrogens (tertiary/aromatic N) is 3. The van der Waals surface area contributed by atoms with Crippen LogP contribution in [0.15, 0.2) is 65.7 Å². The van der Waals surface area contributed by atoms with Gasteiger partial charge >= 0.3 is 12.2 Å². The minimum Gasteiger partial charge on any atom is -0.443 e. The van der Waals surface area contributed by atoms with Crippen molar-refractivity contribution in [3.8, 4) is 0 Å². The van der Waals surface area contributed by atoms with Gasteiger partial charge in [-0.15, -0.1) is 0 Å². The second-order valence-corrected chi connectivity index (χ2v) is 18.8. The molecule has 306 valence electrons. The lowest BCUT2D eigenvalue weighted by molar-refractivity contribution is -0.131. The average Bonchev–Trinajstić information content (AvgIpc) is 3.96. The first-order chi connectivity index (χ1) is 26.5. The van der Waals surface area contributed by atoms with Crippen molar-refractivity contribution in [2.24, 2.45) is 0 Å². The number of hydrogen-bond donors (Lipinski definition) is 3. The van der Waals surface area contributed by atoms with Crippen molar-refractivity contribution in [1.29, 1.82) is 0 Å².